The van der Waals surface area contributed by atoms with Crippen LogP contribution in [0, 0.1) is 0 Å². The summed E-state index contributed by atoms with van der Waals surface area (Å²) in [6.07, 6.45) is 5.03. The molecule has 27 heavy (non-hydrogen) atoms. The van der Waals surface area contributed by atoms with E-state index in [0.717, 1.165) is 29.9 Å². The molecule has 0 fully saturated rings. The number of nitrogens with one attached hydrogen (secondary N) is 1. The van der Waals surface area contributed by atoms with Crippen molar-refractivity contribution < 1.29 is 4.79 Å². The maximum absolute atomic E-state index is 12.6. The molecule has 4 nitrogen and oxygen atoms in total. The fraction of sp³-hybridized carbons (Fsp3) is 0.273. The van der Waals surface area contributed by atoms with Crippen molar-refractivity contribution in [2.75, 3.05) is 6.54 Å². The lowest BCUT2D eigenvalue weighted by Crippen LogP contribution is -2.29. The fourth-order valence-electron chi connectivity index (χ4n) is 3.24. The normalized spacial score (nSPS) is 11.9. The number of benzene rings is 2. The highest BCUT2D eigenvalue weighted by molar-refractivity contribution is 6.30. The van der Waals surface area contributed by atoms with Gasteiger partial charge in [0.15, 0.2) is 0 Å². The summed E-state index contributed by atoms with van der Waals surface area (Å²) in [7, 11) is 0. The molecule has 1 N–H and O–H groups in total. The molecule has 2 aromatic carbocycles. The van der Waals surface area contributed by atoms with Crippen LogP contribution in [0.2, 0.25) is 5.02 Å². The second-order valence-electron chi connectivity index (χ2n) is 6.46. The van der Waals surface area contributed by atoms with Crippen molar-refractivity contribution in [1.82, 2.24) is 14.9 Å². The van der Waals surface area contributed by atoms with Gasteiger partial charge in [-0.3, -0.25) is 4.79 Å². The standard InChI is InChI=1S/C22H24ClN3O/c1-2-21-24-12-14-26(21)15-13-25-22(27)16-20(17-6-4-3-5-7-17)18-8-10-19(23)11-9-18/h3-12,14,20H,2,13,15-16H2,1H3,(H,25,27)/t20-/m1/s1. The summed E-state index contributed by atoms with van der Waals surface area (Å²) in [5, 5.41) is 3.74. The van der Waals surface area contributed by atoms with Crippen molar-refractivity contribution in [2.45, 2.75) is 32.2 Å². The quantitative estimate of drug-likeness (QED) is 0.627. The van der Waals surface area contributed by atoms with Crippen LogP contribution in [-0.4, -0.2) is 22.0 Å². The molecule has 5 heteroatoms. The molecular weight excluding hydrogens is 358 g/mol. The molecule has 0 aliphatic rings. The van der Waals surface area contributed by atoms with Crippen LogP contribution >= 0.6 is 11.6 Å². The minimum absolute atomic E-state index is 0.00270. The van der Waals surface area contributed by atoms with Gasteiger partial charge < -0.3 is 9.88 Å². The number of hydrogen-bond acceptors (Lipinski definition) is 2. The van der Waals surface area contributed by atoms with E-state index in [4.69, 9.17) is 11.6 Å². The number of amides is 1. The minimum Gasteiger partial charge on any atom is -0.354 e. The van der Waals surface area contributed by atoms with Crippen LogP contribution in [0.25, 0.3) is 0 Å². The van der Waals surface area contributed by atoms with Gasteiger partial charge >= 0.3 is 0 Å². The third kappa shape index (κ3) is 5.20. The second kappa shape index (κ2) is 9.38. The van der Waals surface area contributed by atoms with Gasteiger partial charge in [-0.1, -0.05) is 61.0 Å². The van der Waals surface area contributed by atoms with Crippen LogP contribution in [0.5, 0.6) is 0 Å². The first-order chi connectivity index (χ1) is 13.2. The number of carbonyl (C=O) groups is 1. The number of imidazole rings is 1. The molecule has 0 saturated heterocycles. The van der Waals surface area contributed by atoms with Gasteiger partial charge in [0.2, 0.25) is 5.91 Å². The molecule has 0 bridgehead atoms. The van der Waals surface area contributed by atoms with E-state index in [1.807, 2.05) is 48.7 Å². The van der Waals surface area contributed by atoms with Crippen LogP contribution in [0.15, 0.2) is 67.0 Å². The van der Waals surface area contributed by atoms with Gasteiger partial charge in [0.25, 0.3) is 0 Å². The lowest BCUT2D eigenvalue weighted by molar-refractivity contribution is -0.121. The summed E-state index contributed by atoms with van der Waals surface area (Å²) in [4.78, 5) is 16.9. The molecule has 3 aromatic rings. The van der Waals surface area contributed by atoms with Crippen LogP contribution < -0.4 is 5.32 Å². The molecule has 0 unspecified atom stereocenters. The van der Waals surface area contributed by atoms with Gasteiger partial charge in [0.05, 0.1) is 0 Å². The molecule has 3 rings (SSSR count). The van der Waals surface area contributed by atoms with Crippen molar-refractivity contribution in [3.8, 4) is 0 Å². The predicted molar refractivity (Wildman–Crippen MR) is 109 cm³/mol. The van der Waals surface area contributed by atoms with Crippen molar-refractivity contribution >= 4 is 17.5 Å². The van der Waals surface area contributed by atoms with E-state index in [1.165, 1.54) is 0 Å². The topological polar surface area (TPSA) is 46.9 Å². The molecule has 140 valence electrons. The third-order valence-electron chi connectivity index (χ3n) is 4.66. The zero-order valence-corrected chi connectivity index (χ0v) is 16.2. The van der Waals surface area contributed by atoms with Crippen molar-refractivity contribution in [2.24, 2.45) is 0 Å². The van der Waals surface area contributed by atoms with E-state index in [0.29, 0.717) is 18.0 Å². The highest BCUT2D eigenvalue weighted by Crippen LogP contribution is 2.28. The van der Waals surface area contributed by atoms with Gasteiger partial charge in [-0.2, -0.15) is 0 Å². The van der Waals surface area contributed by atoms with Gasteiger partial charge in [-0.05, 0) is 23.3 Å². The van der Waals surface area contributed by atoms with E-state index >= 15 is 0 Å². The maximum Gasteiger partial charge on any atom is 0.221 e. The van der Waals surface area contributed by atoms with Gasteiger partial charge in [-0.25, -0.2) is 4.98 Å². The van der Waals surface area contributed by atoms with Crippen LogP contribution in [-0.2, 0) is 17.8 Å². The molecule has 0 spiro atoms. The Hall–Kier alpha value is -2.59. The van der Waals surface area contributed by atoms with Crippen molar-refractivity contribution in [1.29, 1.82) is 0 Å². The molecule has 1 atom stereocenters. The third-order valence-corrected chi connectivity index (χ3v) is 4.91. The Labute approximate surface area is 165 Å². The molecule has 1 heterocycles. The number of hydrogen-bond donors (Lipinski definition) is 1. The molecule has 1 amide bonds. The lowest BCUT2D eigenvalue weighted by Gasteiger charge is -2.18. The smallest absolute Gasteiger partial charge is 0.221 e. The first-order valence-electron chi connectivity index (χ1n) is 9.24. The molecule has 0 saturated carbocycles. The lowest BCUT2D eigenvalue weighted by atomic mass is 9.88. The Morgan fingerprint density at radius 3 is 2.52 bits per heavy atom. The predicted octanol–water partition coefficient (Wildman–Crippen LogP) is 4.44. The number of aromatic nitrogens is 2. The minimum atomic E-state index is 0.00270. The van der Waals surface area contributed by atoms with Crippen LogP contribution in [0.1, 0.15) is 36.2 Å². The van der Waals surface area contributed by atoms with E-state index < -0.39 is 0 Å². The Morgan fingerprint density at radius 1 is 1.11 bits per heavy atom. The van der Waals surface area contributed by atoms with Gasteiger partial charge in [-0.15, -0.1) is 0 Å². The number of aryl methyl sites for hydroxylation is 1. The van der Waals surface area contributed by atoms with Crippen LogP contribution in [0.3, 0.4) is 0 Å². The SMILES string of the molecule is CCc1nccn1CCNC(=O)C[C@H](c1ccccc1)c1ccc(Cl)cc1. The van der Waals surface area contributed by atoms with Crippen molar-refractivity contribution in [3.05, 3.63) is 89.0 Å². The zero-order chi connectivity index (χ0) is 19.1. The molecule has 1 aromatic heterocycles. The second-order valence-corrected chi connectivity index (χ2v) is 6.90. The number of nitrogens with zero attached hydrogens (tertiary/aromatic N) is 2. The Balaban J connectivity index is 1.65. The first kappa shape index (κ1) is 19.2. The van der Waals surface area contributed by atoms with E-state index in [1.54, 1.807) is 6.20 Å². The van der Waals surface area contributed by atoms with E-state index in [2.05, 4.69) is 33.9 Å². The Bertz CT molecular complexity index is 859. The number of carbonyl (C=O) groups excluding carboxylic acids is 1. The Morgan fingerprint density at radius 2 is 1.81 bits per heavy atom. The highest BCUT2D eigenvalue weighted by atomic mass is 35.5. The van der Waals surface area contributed by atoms with Gasteiger partial charge in [0, 0.05) is 49.3 Å². The largest absolute Gasteiger partial charge is 0.354 e. The Kier molecular flexibility index (Phi) is 6.66. The summed E-state index contributed by atoms with van der Waals surface area (Å²) < 4.78 is 2.08. The summed E-state index contributed by atoms with van der Waals surface area (Å²) in [5.41, 5.74) is 2.21. The van der Waals surface area contributed by atoms with Gasteiger partial charge in [0.1, 0.15) is 5.82 Å². The fourth-order valence-corrected chi connectivity index (χ4v) is 3.37. The molecular formula is C22H24ClN3O. The summed E-state index contributed by atoms with van der Waals surface area (Å²) in [5.74, 6) is 1.08. The first-order valence-corrected chi connectivity index (χ1v) is 9.62. The summed E-state index contributed by atoms with van der Waals surface area (Å²) >= 11 is 6.02. The molecule has 0 aliphatic carbocycles. The molecule has 0 radical (unpaired) electrons. The molecule has 0 aliphatic heterocycles. The van der Waals surface area contributed by atoms with E-state index in [-0.39, 0.29) is 11.8 Å². The maximum atomic E-state index is 12.6. The number of rotatable bonds is 8. The monoisotopic (exact) mass is 381 g/mol. The number of halogens is 1. The zero-order valence-electron chi connectivity index (χ0n) is 15.4. The van der Waals surface area contributed by atoms with Crippen molar-refractivity contribution in [3.63, 3.8) is 0 Å². The highest BCUT2D eigenvalue weighted by Gasteiger charge is 2.18. The summed E-state index contributed by atoms with van der Waals surface area (Å²) in [6.45, 7) is 3.39. The van der Waals surface area contributed by atoms with Crippen LogP contribution in [0.4, 0.5) is 0 Å². The average molecular weight is 382 g/mol. The average Bonchev–Trinajstić information content (AvgIpc) is 3.15. The van der Waals surface area contributed by atoms with E-state index in [9.17, 15) is 4.79 Å². The summed E-state index contributed by atoms with van der Waals surface area (Å²) in [6, 6.07) is 17.8.